The number of nitrogens with one attached hydrogen (secondary N) is 1. The molecule has 1 saturated heterocycles. The molecule has 1 N–H and O–H groups in total. The quantitative estimate of drug-likeness (QED) is 0.745. The van der Waals surface area contributed by atoms with Crippen LogP contribution in [0.15, 0.2) is 59.5 Å². The van der Waals surface area contributed by atoms with Gasteiger partial charge >= 0.3 is 0 Å². The molecule has 0 atom stereocenters. The molecule has 0 spiro atoms. The third-order valence-corrected chi connectivity index (χ3v) is 6.70. The minimum absolute atomic E-state index is 0.209. The Morgan fingerprint density at radius 1 is 1.07 bits per heavy atom. The summed E-state index contributed by atoms with van der Waals surface area (Å²) in [4.78, 5) is 17.7. The molecule has 0 radical (unpaired) electrons. The second-order valence-corrected chi connectivity index (χ2v) is 8.75. The Hall–Kier alpha value is -1.93. The molecule has 0 aliphatic carbocycles. The molecule has 0 aromatic heterocycles. The molecule has 1 fully saturated rings. The number of piperidine rings is 1. The fourth-order valence-electron chi connectivity index (χ4n) is 2.96. The smallest absolute Gasteiger partial charge is 0.246 e. The van der Waals surface area contributed by atoms with Crippen molar-refractivity contribution in [3.05, 3.63) is 65.2 Å². The van der Waals surface area contributed by atoms with Crippen molar-refractivity contribution in [3.63, 3.8) is 0 Å². The summed E-state index contributed by atoms with van der Waals surface area (Å²) in [7, 11) is -3.57. The number of amides is 1. The first-order valence-corrected chi connectivity index (χ1v) is 10.5. The molecular weight excluding hydrogens is 388 g/mol. The Balaban J connectivity index is 1.49. The van der Waals surface area contributed by atoms with Crippen LogP contribution in [0.25, 0.3) is 0 Å². The van der Waals surface area contributed by atoms with Crippen LogP contribution in [-0.4, -0.2) is 31.7 Å². The van der Waals surface area contributed by atoms with Crippen molar-refractivity contribution in [2.75, 3.05) is 13.1 Å². The number of nitrogens with zero attached hydrogens (tertiary/aromatic N) is 1. The summed E-state index contributed by atoms with van der Waals surface area (Å²) < 4.78 is 26.7. The van der Waals surface area contributed by atoms with Crippen LogP contribution < -0.4 is 5.48 Å². The molecule has 1 aliphatic heterocycles. The number of rotatable bonds is 6. The van der Waals surface area contributed by atoms with Crippen molar-refractivity contribution in [1.82, 2.24) is 9.79 Å². The molecule has 144 valence electrons. The Morgan fingerprint density at radius 2 is 1.70 bits per heavy atom. The highest BCUT2D eigenvalue weighted by Gasteiger charge is 2.32. The van der Waals surface area contributed by atoms with Gasteiger partial charge in [-0.2, -0.15) is 4.31 Å². The Morgan fingerprint density at radius 3 is 2.33 bits per heavy atom. The highest BCUT2D eigenvalue weighted by Crippen LogP contribution is 2.24. The largest absolute Gasteiger partial charge is 0.272 e. The van der Waals surface area contributed by atoms with Gasteiger partial charge in [0.05, 0.1) is 11.5 Å². The van der Waals surface area contributed by atoms with Gasteiger partial charge in [0.2, 0.25) is 15.9 Å². The fourth-order valence-corrected chi connectivity index (χ4v) is 4.56. The van der Waals surface area contributed by atoms with E-state index in [-0.39, 0.29) is 23.3 Å². The zero-order valence-corrected chi connectivity index (χ0v) is 16.2. The first-order chi connectivity index (χ1) is 13.0. The van der Waals surface area contributed by atoms with Crippen molar-refractivity contribution in [1.29, 1.82) is 0 Å². The second-order valence-electron chi connectivity index (χ2n) is 6.37. The zero-order valence-electron chi connectivity index (χ0n) is 14.7. The van der Waals surface area contributed by atoms with E-state index in [0.29, 0.717) is 31.0 Å². The van der Waals surface area contributed by atoms with E-state index < -0.39 is 10.0 Å². The lowest BCUT2D eigenvalue weighted by molar-refractivity contribution is -0.140. The van der Waals surface area contributed by atoms with Crippen molar-refractivity contribution in [3.8, 4) is 0 Å². The summed E-state index contributed by atoms with van der Waals surface area (Å²) in [5.41, 5.74) is 3.43. The van der Waals surface area contributed by atoms with Crippen LogP contribution >= 0.6 is 11.6 Å². The van der Waals surface area contributed by atoms with Gasteiger partial charge in [0, 0.05) is 24.0 Å². The number of hydrogen-bond acceptors (Lipinski definition) is 4. The van der Waals surface area contributed by atoms with Crippen LogP contribution in [-0.2, 0) is 26.3 Å². The maximum atomic E-state index is 12.7. The molecule has 1 amide bonds. The van der Waals surface area contributed by atoms with Gasteiger partial charge in [-0.15, -0.1) is 0 Å². The maximum Gasteiger partial charge on any atom is 0.246 e. The van der Waals surface area contributed by atoms with Gasteiger partial charge < -0.3 is 0 Å². The van der Waals surface area contributed by atoms with Crippen LogP contribution in [0.1, 0.15) is 18.4 Å². The average Bonchev–Trinajstić information content (AvgIpc) is 2.69. The standard InChI is InChI=1S/C19H21ClN2O4S/c20-17-6-8-18(9-7-17)27(24,25)22-12-10-16(11-13-22)19(23)21-26-14-15-4-2-1-3-5-15/h1-9,16H,10-14H2,(H,21,23). The van der Waals surface area contributed by atoms with E-state index in [2.05, 4.69) is 5.48 Å². The van der Waals surface area contributed by atoms with Gasteiger partial charge in [-0.1, -0.05) is 41.9 Å². The van der Waals surface area contributed by atoms with Crippen molar-refractivity contribution in [2.24, 2.45) is 5.92 Å². The molecule has 0 bridgehead atoms. The van der Waals surface area contributed by atoms with Crippen LogP contribution in [0.2, 0.25) is 5.02 Å². The predicted octanol–water partition coefficient (Wildman–Crippen LogP) is 2.99. The molecule has 0 unspecified atom stereocenters. The number of carbonyl (C=O) groups is 1. The van der Waals surface area contributed by atoms with Crippen molar-refractivity contribution >= 4 is 27.5 Å². The number of benzene rings is 2. The minimum atomic E-state index is -3.57. The van der Waals surface area contributed by atoms with E-state index in [1.165, 1.54) is 16.4 Å². The van der Waals surface area contributed by atoms with Crippen LogP contribution in [0.3, 0.4) is 0 Å². The molecule has 2 aromatic rings. The average molecular weight is 409 g/mol. The van der Waals surface area contributed by atoms with Gasteiger partial charge in [-0.3, -0.25) is 9.63 Å². The highest BCUT2D eigenvalue weighted by molar-refractivity contribution is 7.89. The molecule has 1 aliphatic rings. The first-order valence-electron chi connectivity index (χ1n) is 8.68. The van der Waals surface area contributed by atoms with Crippen LogP contribution in [0.4, 0.5) is 0 Å². The van der Waals surface area contributed by atoms with Crippen molar-refractivity contribution < 1.29 is 18.0 Å². The molecule has 27 heavy (non-hydrogen) atoms. The predicted molar refractivity (Wildman–Crippen MR) is 102 cm³/mol. The van der Waals surface area contributed by atoms with E-state index in [1.807, 2.05) is 30.3 Å². The van der Waals surface area contributed by atoms with Gasteiger partial charge in [-0.05, 0) is 42.7 Å². The Bertz CT molecular complexity index is 864. The van der Waals surface area contributed by atoms with E-state index >= 15 is 0 Å². The second kappa shape index (κ2) is 8.84. The first kappa shape index (κ1) is 19.8. The van der Waals surface area contributed by atoms with E-state index in [1.54, 1.807) is 12.1 Å². The lowest BCUT2D eigenvalue weighted by Gasteiger charge is -2.30. The molecule has 1 heterocycles. The van der Waals surface area contributed by atoms with E-state index in [4.69, 9.17) is 16.4 Å². The van der Waals surface area contributed by atoms with Crippen molar-refractivity contribution in [2.45, 2.75) is 24.3 Å². The summed E-state index contributed by atoms with van der Waals surface area (Å²) in [6.07, 6.45) is 0.903. The van der Waals surface area contributed by atoms with Gasteiger partial charge in [0.25, 0.3) is 0 Å². The van der Waals surface area contributed by atoms with E-state index in [0.717, 1.165) is 5.56 Å². The topological polar surface area (TPSA) is 75.7 Å². The fraction of sp³-hybridized carbons (Fsp3) is 0.316. The molecule has 8 heteroatoms. The summed E-state index contributed by atoms with van der Waals surface area (Å²) in [5.74, 6) is -0.480. The lowest BCUT2D eigenvalue weighted by atomic mass is 9.98. The Kier molecular flexibility index (Phi) is 6.49. The normalized spacial score (nSPS) is 16.2. The lowest BCUT2D eigenvalue weighted by Crippen LogP contribution is -2.42. The number of sulfonamides is 1. The monoisotopic (exact) mass is 408 g/mol. The number of carbonyl (C=O) groups excluding carboxylic acids is 1. The number of hydrogen-bond donors (Lipinski definition) is 1. The third kappa shape index (κ3) is 5.07. The Labute approximate surface area is 164 Å². The van der Waals surface area contributed by atoms with Crippen LogP contribution in [0, 0.1) is 5.92 Å². The molecule has 2 aromatic carbocycles. The summed E-state index contributed by atoms with van der Waals surface area (Å²) in [6, 6.07) is 15.6. The number of hydroxylamine groups is 1. The SMILES string of the molecule is O=C(NOCc1ccccc1)C1CCN(S(=O)(=O)c2ccc(Cl)cc2)CC1. The highest BCUT2D eigenvalue weighted by atomic mass is 35.5. The van der Waals surface area contributed by atoms with E-state index in [9.17, 15) is 13.2 Å². The maximum absolute atomic E-state index is 12.7. The zero-order chi connectivity index (χ0) is 19.3. The van der Waals surface area contributed by atoms with Crippen LogP contribution in [0.5, 0.6) is 0 Å². The molecule has 0 saturated carbocycles. The minimum Gasteiger partial charge on any atom is -0.272 e. The van der Waals surface area contributed by atoms with Gasteiger partial charge in [0.15, 0.2) is 0 Å². The number of halogens is 1. The molecular formula is C19H21ClN2O4S. The summed E-state index contributed by atoms with van der Waals surface area (Å²) >= 11 is 5.82. The summed E-state index contributed by atoms with van der Waals surface area (Å²) in [6.45, 7) is 0.875. The third-order valence-electron chi connectivity index (χ3n) is 4.53. The van der Waals surface area contributed by atoms with Gasteiger partial charge in [0.1, 0.15) is 0 Å². The van der Waals surface area contributed by atoms with Gasteiger partial charge in [-0.25, -0.2) is 13.9 Å². The molecule has 6 nitrogen and oxygen atoms in total. The molecule has 3 rings (SSSR count). The summed E-state index contributed by atoms with van der Waals surface area (Å²) in [5, 5.41) is 0.486.